The summed E-state index contributed by atoms with van der Waals surface area (Å²) in [6.07, 6.45) is 0. The quantitative estimate of drug-likeness (QED) is 0.477. The third-order valence-electron chi connectivity index (χ3n) is 5.23. The van der Waals surface area contributed by atoms with Gasteiger partial charge in [-0.05, 0) is 42.3 Å². The third kappa shape index (κ3) is 4.68. The van der Waals surface area contributed by atoms with Crippen LogP contribution in [0.15, 0.2) is 88.5 Å². The third-order valence-corrected chi connectivity index (χ3v) is 5.23. The minimum absolute atomic E-state index is 0.231. The molecule has 172 valence electrons. The number of para-hydroxylation sites is 1. The molecular weight excluding hydrogens is 442 g/mol. The fourth-order valence-electron chi connectivity index (χ4n) is 3.48. The van der Waals surface area contributed by atoms with Crippen LogP contribution >= 0.6 is 0 Å². The minimum atomic E-state index is -0.973. The zero-order valence-corrected chi connectivity index (χ0v) is 18.1. The molecule has 7 nitrogen and oxygen atoms in total. The molecule has 9 heteroatoms. The van der Waals surface area contributed by atoms with Gasteiger partial charge in [-0.25, -0.2) is 13.6 Å². The zero-order chi connectivity index (χ0) is 24.2. The van der Waals surface area contributed by atoms with Gasteiger partial charge < -0.3 is 5.32 Å². The van der Waals surface area contributed by atoms with E-state index in [2.05, 4.69) is 10.4 Å². The summed E-state index contributed by atoms with van der Waals surface area (Å²) in [5.41, 5.74) is -1.66. The van der Waals surface area contributed by atoms with Gasteiger partial charge in [0.05, 0.1) is 12.6 Å². The van der Waals surface area contributed by atoms with Crippen molar-refractivity contribution in [3.8, 4) is 5.69 Å². The maximum atomic E-state index is 14.5. The Morgan fingerprint density at radius 3 is 2.38 bits per heavy atom. The van der Waals surface area contributed by atoms with Crippen LogP contribution in [0.25, 0.3) is 5.69 Å². The number of halogens is 2. The monoisotopic (exact) mass is 462 g/mol. The Morgan fingerprint density at radius 1 is 0.971 bits per heavy atom. The van der Waals surface area contributed by atoms with Crippen molar-refractivity contribution in [3.63, 3.8) is 0 Å². The van der Waals surface area contributed by atoms with Gasteiger partial charge in [0.25, 0.3) is 11.5 Å². The Labute approximate surface area is 192 Å². The highest BCUT2D eigenvalue weighted by molar-refractivity contribution is 5.92. The normalized spacial score (nSPS) is 11.7. The van der Waals surface area contributed by atoms with Crippen molar-refractivity contribution in [1.82, 2.24) is 19.7 Å². The standard InChI is InChI=1S/C25H20F2N4O3/c1-16(18-9-3-2-4-10-18)28-23(32)22-24(33)30(15-17-8-7-11-19(26)14-17)25(34)31(29-22)21-13-6-5-12-20(21)27/h2-14,16H,15H2,1H3,(H,28,32)/t16-/m0/s1. The molecule has 4 rings (SSSR count). The van der Waals surface area contributed by atoms with E-state index in [4.69, 9.17) is 0 Å². The lowest BCUT2D eigenvalue weighted by atomic mass is 10.1. The molecule has 3 aromatic carbocycles. The molecule has 0 unspecified atom stereocenters. The number of carbonyl (C=O) groups is 1. The fourth-order valence-corrected chi connectivity index (χ4v) is 3.48. The number of aromatic nitrogens is 3. The summed E-state index contributed by atoms with van der Waals surface area (Å²) in [7, 11) is 0. The SMILES string of the molecule is C[C@H](NC(=O)c1nn(-c2ccccc2F)c(=O)n(Cc2cccc(F)c2)c1=O)c1ccccc1. The van der Waals surface area contributed by atoms with E-state index in [0.29, 0.717) is 10.2 Å². The highest BCUT2D eigenvalue weighted by Crippen LogP contribution is 2.13. The number of hydrogen-bond donors (Lipinski definition) is 1. The predicted molar refractivity (Wildman–Crippen MR) is 122 cm³/mol. The average Bonchev–Trinajstić information content (AvgIpc) is 2.83. The second-order valence-electron chi connectivity index (χ2n) is 7.62. The van der Waals surface area contributed by atoms with Crippen LogP contribution < -0.4 is 16.6 Å². The van der Waals surface area contributed by atoms with Gasteiger partial charge in [0.2, 0.25) is 5.69 Å². The molecule has 0 fully saturated rings. The maximum Gasteiger partial charge on any atom is 0.352 e. The molecular formula is C25H20F2N4O3. The largest absolute Gasteiger partial charge is 0.352 e. The molecule has 1 atom stereocenters. The molecule has 0 bridgehead atoms. The van der Waals surface area contributed by atoms with E-state index >= 15 is 0 Å². The van der Waals surface area contributed by atoms with Gasteiger partial charge in [-0.15, -0.1) is 0 Å². The Hall–Kier alpha value is -4.40. The molecule has 0 aliphatic carbocycles. The van der Waals surface area contributed by atoms with Crippen molar-refractivity contribution in [1.29, 1.82) is 0 Å². The summed E-state index contributed by atoms with van der Waals surface area (Å²) in [4.78, 5) is 39.3. The molecule has 1 aromatic heterocycles. The van der Waals surface area contributed by atoms with Crippen LogP contribution in [-0.4, -0.2) is 20.3 Å². The molecule has 0 saturated heterocycles. The topological polar surface area (TPSA) is 86.0 Å². The van der Waals surface area contributed by atoms with Crippen molar-refractivity contribution >= 4 is 5.91 Å². The lowest BCUT2D eigenvalue weighted by molar-refractivity contribution is 0.0930. The molecule has 34 heavy (non-hydrogen) atoms. The van der Waals surface area contributed by atoms with E-state index in [-0.39, 0.29) is 12.2 Å². The first kappa shape index (κ1) is 22.8. The first-order valence-electron chi connectivity index (χ1n) is 10.4. The van der Waals surface area contributed by atoms with Crippen LogP contribution in [0, 0.1) is 11.6 Å². The molecule has 0 saturated carbocycles. The molecule has 1 amide bonds. The van der Waals surface area contributed by atoms with Crippen molar-refractivity contribution in [2.75, 3.05) is 0 Å². The van der Waals surface area contributed by atoms with Gasteiger partial charge in [-0.1, -0.05) is 54.6 Å². The molecule has 1 N–H and O–H groups in total. The van der Waals surface area contributed by atoms with Gasteiger partial charge in [-0.2, -0.15) is 9.78 Å². The minimum Gasteiger partial charge on any atom is -0.344 e. The van der Waals surface area contributed by atoms with Crippen molar-refractivity contribution < 1.29 is 13.6 Å². The second kappa shape index (κ2) is 9.62. The molecule has 0 radical (unpaired) electrons. The highest BCUT2D eigenvalue weighted by atomic mass is 19.1. The van der Waals surface area contributed by atoms with Crippen molar-refractivity contribution in [3.05, 3.63) is 128 Å². The molecule has 1 heterocycles. The van der Waals surface area contributed by atoms with Crippen LogP contribution in [0.1, 0.15) is 34.6 Å². The summed E-state index contributed by atoms with van der Waals surface area (Å²) >= 11 is 0. The van der Waals surface area contributed by atoms with E-state index in [1.165, 1.54) is 36.4 Å². The Bertz CT molecular complexity index is 1470. The van der Waals surface area contributed by atoms with E-state index in [0.717, 1.165) is 22.3 Å². The number of benzene rings is 3. The lowest BCUT2D eigenvalue weighted by Crippen LogP contribution is -2.46. The fraction of sp³-hybridized carbons (Fsp3) is 0.120. The van der Waals surface area contributed by atoms with Crippen LogP contribution in [0.2, 0.25) is 0 Å². The van der Waals surface area contributed by atoms with Crippen molar-refractivity contribution in [2.24, 2.45) is 0 Å². The average molecular weight is 462 g/mol. The molecule has 0 aliphatic rings. The summed E-state index contributed by atoms with van der Waals surface area (Å²) in [6, 6.07) is 19.3. The van der Waals surface area contributed by atoms with Gasteiger partial charge in [0.15, 0.2) is 0 Å². The van der Waals surface area contributed by atoms with E-state index in [1.807, 2.05) is 6.07 Å². The lowest BCUT2D eigenvalue weighted by Gasteiger charge is -2.16. The number of amides is 1. The zero-order valence-electron chi connectivity index (χ0n) is 18.1. The first-order valence-corrected chi connectivity index (χ1v) is 10.4. The summed E-state index contributed by atoms with van der Waals surface area (Å²) in [6.45, 7) is 1.40. The van der Waals surface area contributed by atoms with E-state index < -0.39 is 40.5 Å². The smallest absolute Gasteiger partial charge is 0.344 e. The molecule has 0 spiro atoms. The van der Waals surface area contributed by atoms with Crippen LogP contribution in [0.3, 0.4) is 0 Å². The van der Waals surface area contributed by atoms with Gasteiger partial charge in [-0.3, -0.25) is 14.2 Å². The van der Waals surface area contributed by atoms with E-state index in [1.54, 1.807) is 31.2 Å². The Kier molecular flexibility index (Phi) is 6.44. The first-order chi connectivity index (χ1) is 16.3. The number of nitrogens with one attached hydrogen (secondary N) is 1. The van der Waals surface area contributed by atoms with E-state index in [9.17, 15) is 23.2 Å². The Morgan fingerprint density at radius 2 is 1.68 bits per heavy atom. The highest BCUT2D eigenvalue weighted by Gasteiger charge is 2.23. The maximum absolute atomic E-state index is 14.5. The summed E-state index contributed by atoms with van der Waals surface area (Å²) in [5, 5.41) is 6.60. The van der Waals surface area contributed by atoms with Crippen LogP contribution in [-0.2, 0) is 6.54 Å². The van der Waals surface area contributed by atoms with Crippen molar-refractivity contribution in [2.45, 2.75) is 19.5 Å². The number of hydrogen-bond acceptors (Lipinski definition) is 4. The van der Waals surface area contributed by atoms with Crippen LogP contribution in [0.4, 0.5) is 8.78 Å². The number of carbonyl (C=O) groups excluding carboxylic acids is 1. The molecule has 0 aliphatic heterocycles. The summed E-state index contributed by atoms with van der Waals surface area (Å²) < 4.78 is 29.6. The predicted octanol–water partition coefficient (Wildman–Crippen LogP) is 3.21. The summed E-state index contributed by atoms with van der Waals surface area (Å²) in [5.74, 6) is -2.15. The van der Waals surface area contributed by atoms with Crippen LogP contribution in [0.5, 0.6) is 0 Å². The number of nitrogens with zero attached hydrogens (tertiary/aromatic N) is 3. The van der Waals surface area contributed by atoms with Gasteiger partial charge in [0.1, 0.15) is 17.3 Å². The molecule has 4 aromatic rings. The second-order valence-corrected chi connectivity index (χ2v) is 7.62. The number of rotatable bonds is 6. The van der Waals surface area contributed by atoms with Gasteiger partial charge in [0, 0.05) is 0 Å². The Balaban J connectivity index is 1.83. The van der Waals surface area contributed by atoms with Gasteiger partial charge >= 0.3 is 5.69 Å².